The number of hydrogen-bond acceptors (Lipinski definition) is 3. The van der Waals surface area contributed by atoms with Crippen LogP contribution < -0.4 is 14.8 Å². The van der Waals surface area contributed by atoms with Crippen LogP contribution in [0.15, 0.2) is 48.5 Å². The van der Waals surface area contributed by atoms with Gasteiger partial charge in [0.15, 0.2) is 0 Å². The van der Waals surface area contributed by atoms with Crippen molar-refractivity contribution in [3.63, 3.8) is 0 Å². The third-order valence-corrected chi connectivity index (χ3v) is 2.45. The largest absolute Gasteiger partial charge is 0.573 e. The van der Waals surface area contributed by atoms with Gasteiger partial charge in [-0.05, 0) is 36.4 Å². The number of amides is 1. The van der Waals surface area contributed by atoms with Crippen LogP contribution in [0.4, 0.5) is 18.9 Å². The van der Waals surface area contributed by atoms with Gasteiger partial charge in [0.2, 0.25) is 5.91 Å². The van der Waals surface area contributed by atoms with Crippen LogP contribution in [0.1, 0.15) is 6.92 Å². The topological polar surface area (TPSA) is 47.6 Å². The van der Waals surface area contributed by atoms with Gasteiger partial charge in [-0.25, -0.2) is 0 Å². The third kappa shape index (κ3) is 5.01. The average molecular weight is 311 g/mol. The van der Waals surface area contributed by atoms with Gasteiger partial charge in [-0.2, -0.15) is 0 Å². The second-order valence-corrected chi connectivity index (χ2v) is 4.33. The van der Waals surface area contributed by atoms with Gasteiger partial charge in [0.25, 0.3) is 0 Å². The molecule has 2 rings (SSSR count). The van der Waals surface area contributed by atoms with Crippen molar-refractivity contribution in [3.05, 3.63) is 48.5 Å². The summed E-state index contributed by atoms with van der Waals surface area (Å²) < 4.78 is 45.7. The summed E-state index contributed by atoms with van der Waals surface area (Å²) in [6.45, 7) is 1.39. The fourth-order valence-corrected chi connectivity index (χ4v) is 1.68. The zero-order chi connectivity index (χ0) is 16.2. The summed E-state index contributed by atoms with van der Waals surface area (Å²) in [5.41, 5.74) is 0.592. The molecule has 0 saturated carbocycles. The molecule has 4 nitrogen and oxygen atoms in total. The molecule has 116 valence electrons. The van der Waals surface area contributed by atoms with E-state index in [9.17, 15) is 18.0 Å². The molecule has 7 heteroatoms. The highest BCUT2D eigenvalue weighted by atomic mass is 19.4. The van der Waals surface area contributed by atoms with E-state index in [1.807, 2.05) is 0 Å². The minimum atomic E-state index is -4.75. The van der Waals surface area contributed by atoms with E-state index in [2.05, 4.69) is 10.1 Å². The predicted octanol–water partition coefficient (Wildman–Crippen LogP) is 4.34. The van der Waals surface area contributed by atoms with Crippen LogP contribution in [-0.4, -0.2) is 12.3 Å². The second-order valence-electron chi connectivity index (χ2n) is 4.33. The molecule has 1 N–H and O–H groups in total. The number of carbonyl (C=O) groups excluding carboxylic acids is 1. The van der Waals surface area contributed by atoms with E-state index in [0.29, 0.717) is 11.4 Å². The van der Waals surface area contributed by atoms with Crippen molar-refractivity contribution in [2.45, 2.75) is 13.3 Å². The minimum Gasteiger partial charge on any atom is -0.457 e. The molecule has 0 aliphatic carbocycles. The highest BCUT2D eigenvalue weighted by Crippen LogP contribution is 2.29. The van der Waals surface area contributed by atoms with E-state index in [1.54, 1.807) is 24.3 Å². The maximum absolute atomic E-state index is 12.2. The van der Waals surface area contributed by atoms with Crippen LogP contribution in [0.3, 0.4) is 0 Å². The number of halogens is 3. The summed E-state index contributed by atoms with van der Waals surface area (Å²) in [5.74, 6) is 0.0535. The first-order chi connectivity index (χ1) is 10.3. The zero-order valence-corrected chi connectivity index (χ0v) is 11.5. The lowest BCUT2D eigenvalue weighted by Gasteiger charge is -2.11. The maximum atomic E-state index is 12.2. The molecule has 0 radical (unpaired) electrons. The normalized spacial score (nSPS) is 10.9. The van der Waals surface area contributed by atoms with Gasteiger partial charge in [-0.15, -0.1) is 13.2 Å². The number of alkyl halides is 3. The summed E-state index contributed by atoms with van der Waals surface area (Å²) in [6.07, 6.45) is -4.75. The number of hydrogen-bond donors (Lipinski definition) is 1. The summed E-state index contributed by atoms with van der Waals surface area (Å²) in [5, 5.41) is 2.59. The number of carbonyl (C=O) groups is 1. The summed E-state index contributed by atoms with van der Waals surface area (Å²) in [7, 11) is 0. The first-order valence-electron chi connectivity index (χ1n) is 6.23. The lowest BCUT2D eigenvalue weighted by Crippen LogP contribution is -2.17. The van der Waals surface area contributed by atoms with E-state index in [4.69, 9.17) is 4.74 Å². The van der Waals surface area contributed by atoms with Gasteiger partial charge in [0.1, 0.15) is 17.2 Å². The van der Waals surface area contributed by atoms with Crippen molar-refractivity contribution in [1.82, 2.24) is 0 Å². The molecule has 1 amide bonds. The van der Waals surface area contributed by atoms with Crippen LogP contribution in [0.5, 0.6) is 17.2 Å². The molecule has 0 saturated heterocycles. The summed E-state index contributed by atoms with van der Waals surface area (Å²) in [6, 6.07) is 11.6. The Morgan fingerprint density at radius 1 is 1.00 bits per heavy atom. The molecule has 0 heterocycles. The molecule has 2 aromatic rings. The standard InChI is InChI=1S/C15H12F3NO3/c1-10(20)19-11-5-7-12(8-6-11)21-13-3-2-4-14(9-13)22-15(16,17)18/h2-9H,1H3,(H,19,20). The molecule has 0 aliphatic rings. The fraction of sp³-hybridized carbons (Fsp3) is 0.133. The van der Waals surface area contributed by atoms with Crippen molar-refractivity contribution in [2.75, 3.05) is 5.32 Å². The van der Waals surface area contributed by atoms with E-state index < -0.39 is 6.36 Å². The van der Waals surface area contributed by atoms with Crippen LogP contribution in [0, 0.1) is 0 Å². The molecular formula is C15H12F3NO3. The van der Waals surface area contributed by atoms with Crippen molar-refractivity contribution in [1.29, 1.82) is 0 Å². The van der Waals surface area contributed by atoms with Gasteiger partial charge in [-0.3, -0.25) is 4.79 Å². The number of ether oxygens (including phenoxy) is 2. The Labute approximate surface area is 124 Å². The molecule has 0 spiro atoms. The number of nitrogens with one attached hydrogen (secondary N) is 1. The lowest BCUT2D eigenvalue weighted by atomic mass is 10.3. The van der Waals surface area contributed by atoms with Crippen molar-refractivity contribution in [2.24, 2.45) is 0 Å². The monoisotopic (exact) mass is 311 g/mol. The second kappa shape index (κ2) is 6.38. The molecule has 0 fully saturated rings. The van der Waals surface area contributed by atoms with E-state index >= 15 is 0 Å². The highest BCUT2D eigenvalue weighted by molar-refractivity contribution is 5.88. The SMILES string of the molecule is CC(=O)Nc1ccc(Oc2cccc(OC(F)(F)F)c2)cc1. The van der Waals surface area contributed by atoms with Gasteiger partial charge < -0.3 is 14.8 Å². The van der Waals surface area contributed by atoms with Crippen LogP contribution in [-0.2, 0) is 4.79 Å². The Balaban J connectivity index is 2.07. The predicted molar refractivity (Wildman–Crippen MR) is 73.9 cm³/mol. The van der Waals surface area contributed by atoms with Crippen LogP contribution in [0.2, 0.25) is 0 Å². The first kappa shape index (κ1) is 15.7. The lowest BCUT2D eigenvalue weighted by molar-refractivity contribution is -0.274. The zero-order valence-electron chi connectivity index (χ0n) is 11.5. The minimum absolute atomic E-state index is 0.203. The Hall–Kier alpha value is -2.70. The van der Waals surface area contributed by atoms with Gasteiger partial charge in [0.05, 0.1) is 0 Å². The molecule has 0 atom stereocenters. The van der Waals surface area contributed by atoms with Crippen LogP contribution in [0.25, 0.3) is 0 Å². The van der Waals surface area contributed by atoms with E-state index in [1.165, 1.54) is 25.1 Å². The van der Waals surface area contributed by atoms with E-state index in [-0.39, 0.29) is 17.4 Å². The molecular weight excluding hydrogens is 299 g/mol. The van der Waals surface area contributed by atoms with Gasteiger partial charge in [0, 0.05) is 18.7 Å². The number of benzene rings is 2. The van der Waals surface area contributed by atoms with E-state index in [0.717, 1.165) is 6.07 Å². The average Bonchev–Trinajstić information content (AvgIpc) is 2.39. The number of rotatable bonds is 4. The summed E-state index contributed by atoms with van der Waals surface area (Å²) >= 11 is 0. The molecule has 0 aromatic heterocycles. The van der Waals surface area contributed by atoms with Gasteiger partial charge in [-0.1, -0.05) is 6.07 Å². The molecule has 2 aromatic carbocycles. The smallest absolute Gasteiger partial charge is 0.457 e. The highest BCUT2D eigenvalue weighted by Gasteiger charge is 2.31. The quantitative estimate of drug-likeness (QED) is 0.914. The fourth-order valence-electron chi connectivity index (χ4n) is 1.68. The Morgan fingerprint density at radius 2 is 1.64 bits per heavy atom. The van der Waals surface area contributed by atoms with Crippen molar-refractivity contribution < 1.29 is 27.4 Å². The Kier molecular flexibility index (Phi) is 4.55. The van der Waals surface area contributed by atoms with Gasteiger partial charge >= 0.3 is 6.36 Å². The molecule has 0 unspecified atom stereocenters. The Bertz CT molecular complexity index is 654. The maximum Gasteiger partial charge on any atom is 0.573 e. The first-order valence-corrected chi connectivity index (χ1v) is 6.23. The van der Waals surface area contributed by atoms with Crippen LogP contribution >= 0.6 is 0 Å². The third-order valence-electron chi connectivity index (χ3n) is 2.45. The summed E-state index contributed by atoms with van der Waals surface area (Å²) in [4.78, 5) is 10.9. The number of anilines is 1. The van der Waals surface area contributed by atoms with Crippen molar-refractivity contribution in [3.8, 4) is 17.2 Å². The molecule has 0 bridgehead atoms. The molecule has 22 heavy (non-hydrogen) atoms. The Morgan fingerprint density at radius 3 is 2.23 bits per heavy atom. The molecule has 0 aliphatic heterocycles. The van der Waals surface area contributed by atoms with Crippen molar-refractivity contribution >= 4 is 11.6 Å².